The Morgan fingerprint density at radius 3 is 2.16 bits per heavy atom. The molecule has 0 atom stereocenters. The number of rotatable bonds is 5. The van der Waals surface area contributed by atoms with Crippen molar-refractivity contribution >= 4 is 17.8 Å². The zero-order chi connectivity index (χ0) is 13.5. The minimum absolute atomic E-state index is 0.167. The highest BCUT2D eigenvalue weighted by Gasteiger charge is 1.98. The summed E-state index contributed by atoms with van der Waals surface area (Å²) in [6, 6.07) is 12.2. The first-order chi connectivity index (χ1) is 9.29. The van der Waals surface area contributed by atoms with Crippen molar-refractivity contribution in [2.24, 2.45) is 0 Å². The lowest BCUT2D eigenvalue weighted by Crippen LogP contribution is -2.20. The van der Waals surface area contributed by atoms with Crippen LogP contribution in [0.4, 0.5) is 5.69 Å². The second-order valence-corrected chi connectivity index (χ2v) is 4.35. The predicted octanol–water partition coefficient (Wildman–Crippen LogP) is 2.68. The molecule has 3 heteroatoms. The van der Waals surface area contributed by atoms with Gasteiger partial charge in [-0.05, 0) is 35.4 Å². The van der Waals surface area contributed by atoms with Crippen molar-refractivity contribution < 1.29 is 5.11 Å². The van der Waals surface area contributed by atoms with Gasteiger partial charge in [-0.1, -0.05) is 24.3 Å². The molecule has 0 aliphatic heterocycles. The standard InChI is InChI=1S/C16H18N2O/c1-18(12-13-19)16-6-4-14(5-7-16)2-3-15-8-10-17-11-9-15/h2-11,19H,12-13H2,1H3/b3-2+. The molecule has 19 heavy (non-hydrogen) atoms. The maximum Gasteiger partial charge on any atom is 0.0606 e. The molecule has 0 radical (unpaired) electrons. The molecule has 1 aromatic heterocycles. The van der Waals surface area contributed by atoms with Crippen LogP contribution in [0.15, 0.2) is 48.8 Å². The lowest BCUT2D eigenvalue weighted by molar-refractivity contribution is 0.304. The summed E-state index contributed by atoms with van der Waals surface area (Å²) in [5.74, 6) is 0. The Labute approximate surface area is 113 Å². The molecule has 0 bridgehead atoms. The molecule has 2 aromatic rings. The van der Waals surface area contributed by atoms with Crippen LogP contribution in [-0.2, 0) is 0 Å². The van der Waals surface area contributed by atoms with Crippen LogP contribution in [0.5, 0.6) is 0 Å². The van der Waals surface area contributed by atoms with E-state index in [2.05, 4.69) is 41.4 Å². The Kier molecular flexibility index (Phi) is 4.70. The van der Waals surface area contributed by atoms with E-state index < -0.39 is 0 Å². The number of nitrogens with zero attached hydrogens (tertiary/aromatic N) is 2. The molecule has 1 heterocycles. The van der Waals surface area contributed by atoms with Crippen LogP contribution in [0, 0.1) is 0 Å². The number of anilines is 1. The summed E-state index contributed by atoms with van der Waals surface area (Å²) in [7, 11) is 1.97. The van der Waals surface area contributed by atoms with Crippen molar-refractivity contribution in [1.82, 2.24) is 4.98 Å². The fourth-order valence-electron chi connectivity index (χ4n) is 1.79. The molecule has 0 aliphatic rings. The molecule has 1 N–H and O–H groups in total. The van der Waals surface area contributed by atoms with E-state index in [1.54, 1.807) is 12.4 Å². The number of aliphatic hydroxyl groups is 1. The highest BCUT2D eigenvalue weighted by Crippen LogP contribution is 2.15. The molecule has 0 amide bonds. The zero-order valence-electron chi connectivity index (χ0n) is 11.0. The predicted molar refractivity (Wildman–Crippen MR) is 80.0 cm³/mol. The van der Waals surface area contributed by atoms with Crippen LogP contribution >= 0.6 is 0 Å². The van der Waals surface area contributed by atoms with Crippen LogP contribution in [-0.4, -0.2) is 30.3 Å². The van der Waals surface area contributed by atoms with Crippen molar-refractivity contribution in [1.29, 1.82) is 0 Å². The molecule has 0 saturated heterocycles. The Balaban J connectivity index is 2.05. The maximum atomic E-state index is 8.90. The summed E-state index contributed by atoms with van der Waals surface area (Å²) in [5, 5.41) is 8.90. The average molecular weight is 254 g/mol. The number of likely N-dealkylation sites (N-methyl/N-ethyl adjacent to an activating group) is 1. The van der Waals surface area contributed by atoms with E-state index >= 15 is 0 Å². The van der Waals surface area contributed by atoms with Gasteiger partial charge in [-0.2, -0.15) is 0 Å². The number of pyridine rings is 1. The second-order valence-electron chi connectivity index (χ2n) is 4.35. The Morgan fingerprint density at radius 2 is 1.58 bits per heavy atom. The Bertz CT molecular complexity index is 520. The highest BCUT2D eigenvalue weighted by atomic mass is 16.3. The van der Waals surface area contributed by atoms with Gasteiger partial charge in [-0.15, -0.1) is 0 Å². The van der Waals surface area contributed by atoms with Crippen LogP contribution in [0.2, 0.25) is 0 Å². The topological polar surface area (TPSA) is 36.4 Å². The van der Waals surface area contributed by atoms with E-state index in [4.69, 9.17) is 5.11 Å². The summed E-state index contributed by atoms with van der Waals surface area (Å²) in [6.07, 6.45) is 7.71. The van der Waals surface area contributed by atoms with E-state index in [9.17, 15) is 0 Å². The SMILES string of the molecule is CN(CCO)c1ccc(/C=C/c2ccncc2)cc1. The number of benzene rings is 1. The van der Waals surface area contributed by atoms with E-state index in [0.717, 1.165) is 16.8 Å². The van der Waals surface area contributed by atoms with Gasteiger partial charge in [0.25, 0.3) is 0 Å². The summed E-state index contributed by atoms with van der Waals surface area (Å²) < 4.78 is 0. The van der Waals surface area contributed by atoms with Crippen molar-refractivity contribution in [3.63, 3.8) is 0 Å². The second kappa shape index (κ2) is 6.71. The number of aromatic nitrogens is 1. The quantitative estimate of drug-likeness (QED) is 0.891. The third-order valence-corrected chi connectivity index (χ3v) is 2.94. The molecule has 0 fully saturated rings. The van der Waals surface area contributed by atoms with Crippen LogP contribution < -0.4 is 4.90 Å². The molecule has 98 valence electrons. The minimum atomic E-state index is 0.167. The monoisotopic (exact) mass is 254 g/mol. The van der Waals surface area contributed by atoms with Gasteiger partial charge in [-0.25, -0.2) is 0 Å². The smallest absolute Gasteiger partial charge is 0.0606 e. The van der Waals surface area contributed by atoms with Crippen molar-refractivity contribution in [2.75, 3.05) is 25.1 Å². The van der Waals surface area contributed by atoms with E-state index in [-0.39, 0.29) is 6.61 Å². The molecule has 0 unspecified atom stereocenters. The van der Waals surface area contributed by atoms with Gasteiger partial charge in [-0.3, -0.25) is 4.98 Å². The molecule has 0 saturated carbocycles. The van der Waals surface area contributed by atoms with E-state index in [1.807, 2.05) is 24.1 Å². The summed E-state index contributed by atoms with van der Waals surface area (Å²) >= 11 is 0. The minimum Gasteiger partial charge on any atom is -0.395 e. The molecule has 1 aromatic carbocycles. The van der Waals surface area contributed by atoms with Gasteiger partial charge in [0.1, 0.15) is 0 Å². The highest BCUT2D eigenvalue weighted by molar-refractivity contribution is 5.70. The van der Waals surface area contributed by atoms with Gasteiger partial charge in [0.15, 0.2) is 0 Å². The summed E-state index contributed by atoms with van der Waals surface area (Å²) in [5.41, 5.74) is 3.39. The fourth-order valence-corrected chi connectivity index (χ4v) is 1.79. The first kappa shape index (κ1) is 13.3. The van der Waals surface area contributed by atoms with Gasteiger partial charge in [0.05, 0.1) is 6.61 Å². The van der Waals surface area contributed by atoms with Crippen LogP contribution in [0.3, 0.4) is 0 Å². The lowest BCUT2D eigenvalue weighted by atomic mass is 10.1. The third kappa shape index (κ3) is 3.93. The lowest BCUT2D eigenvalue weighted by Gasteiger charge is -2.17. The first-order valence-electron chi connectivity index (χ1n) is 6.30. The molecule has 0 aliphatic carbocycles. The van der Waals surface area contributed by atoms with Crippen molar-refractivity contribution in [3.05, 3.63) is 59.9 Å². The van der Waals surface area contributed by atoms with Gasteiger partial charge < -0.3 is 10.0 Å². The van der Waals surface area contributed by atoms with Gasteiger partial charge >= 0.3 is 0 Å². The first-order valence-corrected chi connectivity index (χ1v) is 6.30. The van der Waals surface area contributed by atoms with Gasteiger partial charge in [0.2, 0.25) is 0 Å². The largest absolute Gasteiger partial charge is 0.395 e. The number of aliphatic hydroxyl groups excluding tert-OH is 1. The molecule has 0 spiro atoms. The zero-order valence-corrected chi connectivity index (χ0v) is 11.0. The molecular formula is C16H18N2O. The Morgan fingerprint density at radius 1 is 1.00 bits per heavy atom. The number of hydrogen-bond acceptors (Lipinski definition) is 3. The van der Waals surface area contributed by atoms with Crippen LogP contribution in [0.1, 0.15) is 11.1 Å². The van der Waals surface area contributed by atoms with Crippen LogP contribution in [0.25, 0.3) is 12.2 Å². The summed E-state index contributed by atoms with van der Waals surface area (Å²) in [6.45, 7) is 0.812. The third-order valence-electron chi connectivity index (χ3n) is 2.94. The average Bonchev–Trinajstić information content (AvgIpc) is 2.47. The number of hydrogen-bond donors (Lipinski definition) is 1. The molecule has 2 rings (SSSR count). The molecule has 3 nitrogen and oxygen atoms in total. The van der Waals surface area contributed by atoms with Crippen molar-refractivity contribution in [3.8, 4) is 0 Å². The normalized spacial score (nSPS) is 10.8. The van der Waals surface area contributed by atoms with E-state index in [1.165, 1.54) is 0 Å². The van der Waals surface area contributed by atoms with Gasteiger partial charge in [0, 0.05) is 31.7 Å². The van der Waals surface area contributed by atoms with E-state index in [0.29, 0.717) is 6.54 Å². The Hall–Kier alpha value is -2.13. The maximum absolute atomic E-state index is 8.90. The molecular weight excluding hydrogens is 236 g/mol. The van der Waals surface area contributed by atoms with Crippen molar-refractivity contribution in [2.45, 2.75) is 0 Å². The summed E-state index contributed by atoms with van der Waals surface area (Å²) in [4.78, 5) is 6.01. The fraction of sp³-hybridized carbons (Fsp3) is 0.188.